The van der Waals surface area contributed by atoms with E-state index in [-0.39, 0.29) is 17.0 Å². The van der Waals surface area contributed by atoms with Crippen molar-refractivity contribution in [3.8, 4) is 0 Å². The smallest absolute Gasteiger partial charge is 0.253 e. The van der Waals surface area contributed by atoms with E-state index in [9.17, 15) is 4.79 Å². The van der Waals surface area contributed by atoms with E-state index < -0.39 is 0 Å². The molecule has 0 aliphatic carbocycles. The molecule has 1 aromatic heterocycles. The van der Waals surface area contributed by atoms with Crippen LogP contribution in [-0.4, -0.2) is 16.0 Å². The largest absolute Gasteiger partial charge is 0.342 e. The van der Waals surface area contributed by atoms with Crippen molar-refractivity contribution in [2.45, 2.75) is 26.3 Å². The quantitative estimate of drug-likeness (QED) is 0.937. The van der Waals surface area contributed by atoms with Crippen molar-refractivity contribution in [1.82, 2.24) is 15.5 Å². The summed E-state index contributed by atoms with van der Waals surface area (Å²) in [4.78, 5) is 16.3. The molecule has 0 fully saturated rings. The van der Waals surface area contributed by atoms with Gasteiger partial charge in [0.25, 0.3) is 5.91 Å². The molecule has 1 N–H and O–H groups in total. The third-order valence-corrected chi connectivity index (χ3v) is 3.58. The second kappa shape index (κ2) is 6.24. The zero-order valence-corrected chi connectivity index (χ0v) is 12.5. The molecule has 1 aromatic carbocycles. The molecule has 0 saturated carbocycles. The number of halogens is 2. The zero-order valence-electron chi connectivity index (χ0n) is 11.0. The Balaban J connectivity index is 2.19. The van der Waals surface area contributed by atoms with Gasteiger partial charge in [0.1, 0.15) is 0 Å². The first kappa shape index (κ1) is 14.8. The van der Waals surface area contributed by atoms with Crippen LogP contribution < -0.4 is 5.32 Å². The van der Waals surface area contributed by atoms with Crippen LogP contribution in [-0.2, 0) is 0 Å². The molecule has 1 unspecified atom stereocenters. The first-order chi connectivity index (χ1) is 9.52. The number of nitrogens with one attached hydrogen (secondary N) is 1. The Morgan fingerprint density at radius 1 is 1.45 bits per heavy atom. The summed E-state index contributed by atoms with van der Waals surface area (Å²) in [5.74, 6) is 0.566. The summed E-state index contributed by atoms with van der Waals surface area (Å²) >= 11 is 11.9. The third-order valence-electron chi connectivity index (χ3n) is 2.76. The molecular weight excluding hydrogens is 301 g/mol. The number of carbonyl (C=O) groups is 1. The van der Waals surface area contributed by atoms with Gasteiger partial charge in [-0.25, -0.2) is 0 Å². The first-order valence-corrected chi connectivity index (χ1v) is 6.83. The number of hydrogen-bond donors (Lipinski definition) is 1. The maximum atomic E-state index is 12.2. The summed E-state index contributed by atoms with van der Waals surface area (Å²) in [6.45, 7) is 3.61. The lowest BCUT2D eigenvalue weighted by molar-refractivity contribution is 0.0933. The van der Waals surface area contributed by atoms with Gasteiger partial charge in [-0.15, -0.1) is 0 Å². The van der Waals surface area contributed by atoms with Crippen LogP contribution >= 0.6 is 23.2 Å². The van der Waals surface area contributed by atoms with Crippen LogP contribution in [0.15, 0.2) is 22.7 Å². The van der Waals surface area contributed by atoms with Crippen LogP contribution in [0.4, 0.5) is 0 Å². The van der Waals surface area contributed by atoms with E-state index >= 15 is 0 Å². The Hall–Kier alpha value is -1.59. The summed E-state index contributed by atoms with van der Waals surface area (Å²) in [5.41, 5.74) is 0.317. The zero-order chi connectivity index (χ0) is 14.7. The number of rotatable bonds is 4. The fourth-order valence-electron chi connectivity index (χ4n) is 1.72. The second-order valence-electron chi connectivity index (χ2n) is 4.21. The highest BCUT2D eigenvalue weighted by molar-refractivity contribution is 6.43. The highest BCUT2D eigenvalue weighted by atomic mass is 35.5. The van der Waals surface area contributed by atoms with Crippen molar-refractivity contribution >= 4 is 29.1 Å². The van der Waals surface area contributed by atoms with E-state index in [2.05, 4.69) is 15.5 Å². The van der Waals surface area contributed by atoms with Gasteiger partial charge in [-0.3, -0.25) is 4.79 Å². The Morgan fingerprint density at radius 2 is 2.20 bits per heavy atom. The average molecular weight is 314 g/mol. The minimum absolute atomic E-state index is 0.228. The molecule has 5 nitrogen and oxygen atoms in total. The van der Waals surface area contributed by atoms with Crippen LogP contribution in [0, 0.1) is 6.92 Å². The van der Waals surface area contributed by atoms with Gasteiger partial charge in [-0.05, 0) is 18.6 Å². The number of hydrogen-bond acceptors (Lipinski definition) is 4. The summed E-state index contributed by atoms with van der Waals surface area (Å²) < 4.78 is 4.92. The summed E-state index contributed by atoms with van der Waals surface area (Å²) in [6.07, 6.45) is 0.628. The van der Waals surface area contributed by atoms with Crippen molar-refractivity contribution < 1.29 is 9.32 Å². The SMILES string of the molecule is CCC(NC(=O)c1cccc(Cl)c1Cl)c1noc(C)n1. The number of amides is 1. The monoisotopic (exact) mass is 313 g/mol. The molecule has 1 atom stereocenters. The molecule has 106 valence electrons. The highest BCUT2D eigenvalue weighted by Gasteiger charge is 2.20. The van der Waals surface area contributed by atoms with Crippen molar-refractivity contribution in [3.63, 3.8) is 0 Å². The van der Waals surface area contributed by atoms with E-state index in [1.165, 1.54) is 0 Å². The molecule has 0 aliphatic heterocycles. The Bertz CT molecular complexity index is 628. The van der Waals surface area contributed by atoms with Crippen LogP contribution in [0.5, 0.6) is 0 Å². The lowest BCUT2D eigenvalue weighted by Gasteiger charge is -2.14. The van der Waals surface area contributed by atoms with Crippen molar-refractivity contribution in [2.75, 3.05) is 0 Å². The average Bonchev–Trinajstić information content (AvgIpc) is 2.85. The van der Waals surface area contributed by atoms with Gasteiger partial charge in [0.2, 0.25) is 5.89 Å². The molecule has 0 aliphatic rings. The summed E-state index contributed by atoms with van der Waals surface area (Å²) in [5, 5.41) is 7.19. The van der Waals surface area contributed by atoms with Gasteiger partial charge >= 0.3 is 0 Å². The van der Waals surface area contributed by atoms with Crippen molar-refractivity contribution in [3.05, 3.63) is 45.5 Å². The fraction of sp³-hybridized carbons (Fsp3) is 0.308. The molecule has 1 amide bonds. The Morgan fingerprint density at radius 3 is 2.80 bits per heavy atom. The van der Waals surface area contributed by atoms with Crippen LogP contribution in [0.25, 0.3) is 0 Å². The van der Waals surface area contributed by atoms with E-state index in [4.69, 9.17) is 27.7 Å². The minimum Gasteiger partial charge on any atom is -0.342 e. The number of carbonyl (C=O) groups excluding carboxylic acids is 1. The highest BCUT2D eigenvalue weighted by Crippen LogP contribution is 2.26. The van der Waals surface area contributed by atoms with Gasteiger partial charge in [0.15, 0.2) is 5.82 Å². The predicted molar refractivity (Wildman–Crippen MR) is 76.0 cm³/mol. The van der Waals surface area contributed by atoms with Crippen LogP contribution in [0.1, 0.15) is 41.5 Å². The topological polar surface area (TPSA) is 68.0 Å². The minimum atomic E-state index is -0.338. The number of aromatic nitrogens is 2. The Labute approximate surface area is 126 Å². The van der Waals surface area contributed by atoms with E-state index in [1.54, 1.807) is 25.1 Å². The number of benzene rings is 1. The van der Waals surface area contributed by atoms with Gasteiger partial charge in [0, 0.05) is 6.92 Å². The molecule has 1 heterocycles. The van der Waals surface area contributed by atoms with E-state index in [1.807, 2.05) is 6.92 Å². The molecule has 20 heavy (non-hydrogen) atoms. The lowest BCUT2D eigenvalue weighted by atomic mass is 10.1. The molecular formula is C13H13Cl2N3O2. The molecule has 0 bridgehead atoms. The van der Waals surface area contributed by atoms with E-state index in [0.29, 0.717) is 28.7 Å². The molecule has 0 spiro atoms. The lowest BCUT2D eigenvalue weighted by Crippen LogP contribution is -2.29. The number of aryl methyl sites for hydroxylation is 1. The molecule has 2 rings (SSSR count). The molecule has 7 heteroatoms. The van der Waals surface area contributed by atoms with E-state index in [0.717, 1.165) is 0 Å². The first-order valence-electron chi connectivity index (χ1n) is 6.08. The maximum Gasteiger partial charge on any atom is 0.253 e. The standard InChI is InChI=1S/C13H13Cl2N3O2/c1-3-10(12-16-7(2)20-18-12)17-13(19)8-5-4-6-9(14)11(8)15/h4-6,10H,3H2,1-2H3,(H,17,19). The summed E-state index contributed by atoms with van der Waals surface area (Å²) in [6, 6.07) is 4.57. The molecule has 2 aromatic rings. The van der Waals surface area contributed by atoms with Gasteiger partial charge in [-0.2, -0.15) is 4.98 Å². The molecule has 0 radical (unpaired) electrons. The predicted octanol–water partition coefficient (Wildman–Crippen LogP) is 3.57. The van der Waals surface area contributed by atoms with Crippen molar-refractivity contribution in [1.29, 1.82) is 0 Å². The Kier molecular flexibility index (Phi) is 4.62. The number of nitrogens with zero attached hydrogens (tertiary/aromatic N) is 2. The second-order valence-corrected chi connectivity index (χ2v) is 4.99. The normalized spacial score (nSPS) is 12.2. The van der Waals surface area contributed by atoms with Crippen LogP contribution in [0.3, 0.4) is 0 Å². The third kappa shape index (κ3) is 3.11. The van der Waals surface area contributed by atoms with Crippen molar-refractivity contribution in [2.24, 2.45) is 0 Å². The van der Waals surface area contributed by atoms with Crippen LogP contribution in [0.2, 0.25) is 10.0 Å². The maximum absolute atomic E-state index is 12.2. The summed E-state index contributed by atoms with van der Waals surface area (Å²) in [7, 11) is 0. The van der Waals surface area contributed by atoms with Gasteiger partial charge in [0.05, 0.1) is 21.7 Å². The fourth-order valence-corrected chi connectivity index (χ4v) is 2.11. The van der Waals surface area contributed by atoms with Gasteiger partial charge < -0.3 is 9.84 Å². The van der Waals surface area contributed by atoms with Gasteiger partial charge in [-0.1, -0.05) is 41.3 Å². The molecule has 0 saturated heterocycles.